The van der Waals surface area contributed by atoms with Gasteiger partial charge in [0.2, 0.25) is 5.28 Å². The van der Waals surface area contributed by atoms with E-state index in [-0.39, 0.29) is 10.8 Å². The van der Waals surface area contributed by atoms with Crippen LogP contribution in [0.25, 0.3) is 10.9 Å². The Labute approximate surface area is 167 Å². The van der Waals surface area contributed by atoms with Crippen molar-refractivity contribution in [2.24, 2.45) is 0 Å². The van der Waals surface area contributed by atoms with E-state index in [1.807, 2.05) is 66.7 Å². The number of carbonyl (C=O) groups is 1. The lowest BCUT2D eigenvalue weighted by molar-refractivity contribution is 0.0696. The number of nitrogens with one attached hydrogen (secondary N) is 1. The predicted octanol–water partition coefficient (Wildman–Crippen LogP) is 5.28. The summed E-state index contributed by atoms with van der Waals surface area (Å²) < 4.78 is 0. The Balaban J connectivity index is 0.000000320. The SMILES string of the molecule is O=C(O)c1cccc(CNc2nc(Cl)nc3ccccc23)c1.c1ccccc1. The number of hydrogen-bond acceptors (Lipinski definition) is 4. The largest absolute Gasteiger partial charge is 0.478 e. The second-order valence-corrected chi connectivity index (χ2v) is 6.21. The Hall–Kier alpha value is -3.44. The summed E-state index contributed by atoms with van der Waals surface area (Å²) in [7, 11) is 0. The fraction of sp³-hybridized carbons (Fsp3) is 0.0455. The maximum absolute atomic E-state index is 11.0. The van der Waals surface area contributed by atoms with Crippen molar-refractivity contribution >= 4 is 34.3 Å². The van der Waals surface area contributed by atoms with Crippen molar-refractivity contribution in [3.05, 3.63) is 101 Å². The van der Waals surface area contributed by atoms with Crippen LogP contribution in [0.2, 0.25) is 5.28 Å². The molecular weight excluding hydrogens is 374 g/mol. The number of fused-ring (bicyclic) bond motifs is 1. The molecule has 0 saturated heterocycles. The van der Waals surface area contributed by atoms with Gasteiger partial charge >= 0.3 is 5.97 Å². The summed E-state index contributed by atoms with van der Waals surface area (Å²) in [6.07, 6.45) is 0. The molecule has 28 heavy (non-hydrogen) atoms. The number of anilines is 1. The molecule has 4 rings (SSSR count). The minimum absolute atomic E-state index is 0.167. The molecule has 5 nitrogen and oxygen atoms in total. The zero-order valence-electron chi connectivity index (χ0n) is 14.9. The van der Waals surface area contributed by atoms with Crippen molar-refractivity contribution in [2.45, 2.75) is 6.54 Å². The molecule has 0 amide bonds. The first-order valence-corrected chi connectivity index (χ1v) is 8.99. The van der Waals surface area contributed by atoms with Gasteiger partial charge in [0.1, 0.15) is 5.82 Å². The van der Waals surface area contributed by atoms with E-state index in [1.165, 1.54) is 0 Å². The van der Waals surface area contributed by atoms with Crippen LogP contribution in [0.3, 0.4) is 0 Å². The first kappa shape index (κ1) is 19.3. The third-order valence-electron chi connectivity index (χ3n) is 3.88. The Morgan fingerprint density at radius 3 is 2.25 bits per heavy atom. The number of benzene rings is 3. The third-order valence-corrected chi connectivity index (χ3v) is 4.05. The normalized spacial score (nSPS) is 10.0. The van der Waals surface area contributed by atoms with E-state index in [2.05, 4.69) is 15.3 Å². The van der Waals surface area contributed by atoms with Gasteiger partial charge in [-0.05, 0) is 41.4 Å². The van der Waals surface area contributed by atoms with Crippen LogP contribution in [-0.2, 0) is 6.54 Å². The molecule has 6 heteroatoms. The Morgan fingerprint density at radius 2 is 1.57 bits per heavy atom. The van der Waals surface area contributed by atoms with Gasteiger partial charge in [0.25, 0.3) is 0 Å². The molecule has 0 aliphatic carbocycles. The topological polar surface area (TPSA) is 75.1 Å². The molecule has 0 atom stereocenters. The van der Waals surface area contributed by atoms with Crippen LogP contribution in [0, 0.1) is 0 Å². The van der Waals surface area contributed by atoms with E-state index in [4.69, 9.17) is 16.7 Å². The predicted molar refractivity (Wildman–Crippen MR) is 112 cm³/mol. The first-order chi connectivity index (χ1) is 13.6. The highest BCUT2D eigenvalue weighted by Crippen LogP contribution is 2.22. The van der Waals surface area contributed by atoms with Crippen LogP contribution in [-0.4, -0.2) is 21.0 Å². The molecule has 140 valence electrons. The number of carboxylic acids is 1. The van der Waals surface area contributed by atoms with E-state index in [0.29, 0.717) is 12.4 Å². The van der Waals surface area contributed by atoms with E-state index >= 15 is 0 Å². The van der Waals surface area contributed by atoms with Crippen LogP contribution in [0.15, 0.2) is 84.9 Å². The summed E-state index contributed by atoms with van der Waals surface area (Å²) in [6.45, 7) is 0.443. The zero-order chi connectivity index (χ0) is 19.8. The second-order valence-electron chi connectivity index (χ2n) is 5.87. The molecule has 0 bridgehead atoms. The Bertz CT molecular complexity index is 1040. The van der Waals surface area contributed by atoms with Crippen LogP contribution in [0.1, 0.15) is 15.9 Å². The monoisotopic (exact) mass is 391 g/mol. The number of carboxylic acid groups (broad SMARTS) is 1. The van der Waals surface area contributed by atoms with Crippen molar-refractivity contribution in [3.8, 4) is 0 Å². The lowest BCUT2D eigenvalue weighted by atomic mass is 10.1. The van der Waals surface area contributed by atoms with Gasteiger partial charge in [-0.3, -0.25) is 0 Å². The minimum atomic E-state index is -0.947. The van der Waals surface area contributed by atoms with Gasteiger partial charge in [-0.1, -0.05) is 60.7 Å². The Kier molecular flexibility index (Phi) is 6.54. The molecule has 1 heterocycles. The number of aromatic carboxylic acids is 1. The summed E-state index contributed by atoms with van der Waals surface area (Å²) >= 11 is 5.93. The quantitative estimate of drug-likeness (QED) is 0.463. The smallest absolute Gasteiger partial charge is 0.335 e. The lowest BCUT2D eigenvalue weighted by Crippen LogP contribution is -2.04. The molecule has 0 unspecified atom stereocenters. The fourth-order valence-electron chi connectivity index (χ4n) is 2.57. The van der Waals surface area contributed by atoms with E-state index < -0.39 is 5.97 Å². The molecule has 3 aromatic carbocycles. The molecule has 0 fully saturated rings. The average Bonchev–Trinajstić information content (AvgIpc) is 2.74. The third kappa shape index (κ3) is 5.28. The number of halogens is 1. The second kappa shape index (κ2) is 9.48. The van der Waals surface area contributed by atoms with Crippen molar-refractivity contribution in [3.63, 3.8) is 0 Å². The maximum Gasteiger partial charge on any atom is 0.335 e. The zero-order valence-corrected chi connectivity index (χ0v) is 15.7. The highest BCUT2D eigenvalue weighted by atomic mass is 35.5. The van der Waals surface area contributed by atoms with E-state index in [1.54, 1.807) is 18.2 Å². The van der Waals surface area contributed by atoms with Crippen molar-refractivity contribution in [1.29, 1.82) is 0 Å². The lowest BCUT2D eigenvalue weighted by Gasteiger charge is -2.09. The molecule has 0 aliphatic rings. The summed E-state index contributed by atoms with van der Waals surface area (Å²) in [6, 6.07) is 26.3. The van der Waals surface area contributed by atoms with Gasteiger partial charge in [0, 0.05) is 11.9 Å². The molecular formula is C22H18ClN3O2. The average molecular weight is 392 g/mol. The Morgan fingerprint density at radius 1 is 0.893 bits per heavy atom. The van der Waals surface area contributed by atoms with Crippen molar-refractivity contribution in [2.75, 3.05) is 5.32 Å². The van der Waals surface area contributed by atoms with E-state index in [0.717, 1.165) is 16.5 Å². The van der Waals surface area contributed by atoms with Crippen molar-refractivity contribution < 1.29 is 9.90 Å². The molecule has 0 radical (unpaired) electrons. The molecule has 0 aliphatic heterocycles. The number of aromatic nitrogens is 2. The number of nitrogens with zero attached hydrogens (tertiary/aromatic N) is 2. The minimum Gasteiger partial charge on any atom is -0.478 e. The molecule has 1 aromatic heterocycles. The van der Waals surface area contributed by atoms with Crippen LogP contribution in [0.4, 0.5) is 5.82 Å². The molecule has 0 saturated carbocycles. The van der Waals surface area contributed by atoms with Crippen molar-refractivity contribution in [1.82, 2.24) is 9.97 Å². The van der Waals surface area contributed by atoms with Gasteiger partial charge in [-0.25, -0.2) is 14.8 Å². The highest BCUT2D eigenvalue weighted by Gasteiger charge is 2.07. The summed E-state index contributed by atoms with van der Waals surface area (Å²) in [5, 5.41) is 13.2. The molecule has 0 spiro atoms. The summed E-state index contributed by atoms with van der Waals surface area (Å²) in [4.78, 5) is 19.4. The van der Waals surface area contributed by atoms with Gasteiger partial charge in [-0.15, -0.1) is 0 Å². The van der Waals surface area contributed by atoms with Gasteiger partial charge < -0.3 is 10.4 Å². The molecule has 4 aromatic rings. The highest BCUT2D eigenvalue weighted by molar-refractivity contribution is 6.28. The van der Waals surface area contributed by atoms with Crippen LogP contribution < -0.4 is 5.32 Å². The number of para-hydroxylation sites is 1. The first-order valence-electron chi connectivity index (χ1n) is 8.62. The summed E-state index contributed by atoms with van der Waals surface area (Å²) in [5.41, 5.74) is 1.85. The number of rotatable bonds is 4. The number of hydrogen-bond donors (Lipinski definition) is 2. The van der Waals surface area contributed by atoms with Crippen LogP contribution >= 0.6 is 11.6 Å². The van der Waals surface area contributed by atoms with Gasteiger partial charge in [0.15, 0.2) is 0 Å². The van der Waals surface area contributed by atoms with E-state index in [9.17, 15) is 4.79 Å². The summed E-state index contributed by atoms with van der Waals surface area (Å²) in [5.74, 6) is -0.325. The maximum atomic E-state index is 11.0. The standard InChI is InChI=1S/C16H12ClN3O2.C6H6/c17-16-19-13-7-2-1-6-12(13)14(20-16)18-9-10-4-3-5-11(8-10)15(21)22;1-2-4-6-5-3-1/h1-8H,9H2,(H,21,22)(H,18,19,20);1-6H. The van der Waals surface area contributed by atoms with Gasteiger partial charge in [0.05, 0.1) is 11.1 Å². The molecule has 2 N–H and O–H groups in total. The van der Waals surface area contributed by atoms with Crippen LogP contribution in [0.5, 0.6) is 0 Å². The van der Waals surface area contributed by atoms with Gasteiger partial charge in [-0.2, -0.15) is 0 Å². The fourth-order valence-corrected chi connectivity index (χ4v) is 2.74.